The highest BCUT2D eigenvalue weighted by molar-refractivity contribution is 6.09. The van der Waals surface area contributed by atoms with Gasteiger partial charge >= 0.3 is 17.9 Å². The largest absolute Gasteiger partial charge is 0.508 e. The highest BCUT2D eigenvalue weighted by atomic mass is 16.4. The van der Waals surface area contributed by atoms with Crippen LogP contribution in [0.4, 0.5) is 5.82 Å². The number of phenols is 2. The maximum absolute atomic E-state index is 12.3. The molecule has 0 unspecified atom stereocenters. The highest BCUT2D eigenvalue weighted by Crippen LogP contribution is 2.28. The van der Waals surface area contributed by atoms with Gasteiger partial charge in [0.25, 0.3) is 5.91 Å². The standard InChI is InChI=1S/C16H12N2O9/c19-10-4-8(11(20)2-6(10)3-12(21)22)14(23)18-13-9(16(26)27)1-7(5-17-13)15(24)25/h1-2,4-5,19-20H,3H2,(H,21,22)(H,24,25)(H,26,27)(H,17,18,23). The molecule has 0 fully saturated rings. The first kappa shape index (κ1) is 19.2. The van der Waals surface area contributed by atoms with Crippen molar-refractivity contribution in [1.29, 1.82) is 0 Å². The number of carboxylic acids is 3. The van der Waals surface area contributed by atoms with Gasteiger partial charge in [0, 0.05) is 11.8 Å². The monoisotopic (exact) mass is 376 g/mol. The number of anilines is 1. The predicted molar refractivity (Wildman–Crippen MR) is 87.2 cm³/mol. The molecule has 2 rings (SSSR count). The number of phenolic OH excluding ortho intramolecular Hbond substituents is 2. The van der Waals surface area contributed by atoms with Crippen molar-refractivity contribution < 1.29 is 44.7 Å². The maximum atomic E-state index is 12.3. The van der Waals surface area contributed by atoms with Gasteiger partial charge in [0.1, 0.15) is 22.9 Å². The summed E-state index contributed by atoms with van der Waals surface area (Å²) < 4.78 is 0. The van der Waals surface area contributed by atoms with Gasteiger partial charge < -0.3 is 30.8 Å². The predicted octanol–water partition coefficient (Wildman–Crippen LogP) is 0.769. The van der Waals surface area contributed by atoms with Crippen LogP contribution in [0.1, 0.15) is 36.6 Å². The van der Waals surface area contributed by atoms with Crippen LogP contribution in [-0.2, 0) is 11.2 Å². The Labute approximate surface area is 150 Å². The van der Waals surface area contributed by atoms with E-state index in [0.717, 1.165) is 24.4 Å². The van der Waals surface area contributed by atoms with Gasteiger partial charge in [-0.3, -0.25) is 9.59 Å². The zero-order valence-corrected chi connectivity index (χ0v) is 13.3. The Balaban J connectivity index is 2.37. The number of amides is 1. The first-order chi connectivity index (χ1) is 12.6. The number of pyridine rings is 1. The zero-order chi connectivity index (χ0) is 20.3. The molecule has 11 heteroatoms. The first-order valence-corrected chi connectivity index (χ1v) is 7.14. The van der Waals surface area contributed by atoms with E-state index in [4.69, 9.17) is 15.3 Å². The number of nitrogens with zero attached hydrogens (tertiary/aromatic N) is 1. The number of carbonyl (C=O) groups is 4. The van der Waals surface area contributed by atoms with Crippen molar-refractivity contribution in [2.75, 3.05) is 5.32 Å². The van der Waals surface area contributed by atoms with Gasteiger partial charge in [0.15, 0.2) is 0 Å². The van der Waals surface area contributed by atoms with Crippen molar-refractivity contribution in [3.8, 4) is 11.5 Å². The van der Waals surface area contributed by atoms with E-state index in [2.05, 4.69) is 10.3 Å². The van der Waals surface area contributed by atoms with Crippen LogP contribution in [0.25, 0.3) is 0 Å². The molecule has 0 spiro atoms. The van der Waals surface area contributed by atoms with E-state index >= 15 is 0 Å². The normalized spacial score (nSPS) is 10.2. The molecule has 140 valence electrons. The summed E-state index contributed by atoms with van der Waals surface area (Å²) in [6.45, 7) is 0. The molecule has 1 aromatic heterocycles. The van der Waals surface area contributed by atoms with Crippen LogP contribution in [-0.4, -0.2) is 54.3 Å². The fourth-order valence-corrected chi connectivity index (χ4v) is 2.13. The smallest absolute Gasteiger partial charge is 0.339 e. The van der Waals surface area contributed by atoms with Crippen molar-refractivity contribution in [3.05, 3.63) is 46.6 Å². The lowest BCUT2D eigenvalue weighted by atomic mass is 10.1. The maximum Gasteiger partial charge on any atom is 0.339 e. The molecule has 0 atom stereocenters. The molecule has 1 aromatic carbocycles. The number of nitrogens with one attached hydrogen (secondary N) is 1. The number of aromatic hydroxyl groups is 2. The van der Waals surface area contributed by atoms with E-state index in [9.17, 15) is 29.4 Å². The van der Waals surface area contributed by atoms with Crippen LogP contribution >= 0.6 is 0 Å². The van der Waals surface area contributed by atoms with Crippen LogP contribution in [0, 0.1) is 0 Å². The number of rotatable bonds is 6. The van der Waals surface area contributed by atoms with Gasteiger partial charge in [0.05, 0.1) is 17.5 Å². The summed E-state index contributed by atoms with van der Waals surface area (Å²) in [5, 5.41) is 48.5. The van der Waals surface area contributed by atoms with Crippen LogP contribution in [0.15, 0.2) is 24.4 Å². The van der Waals surface area contributed by atoms with Gasteiger partial charge in [-0.2, -0.15) is 0 Å². The van der Waals surface area contributed by atoms with Crippen molar-refractivity contribution in [2.24, 2.45) is 0 Å². The van der Waals surface area contributed by atoms with Crippen LogP contribution in [0.5, 0.6) is 11.5 Å². The van der Waals surface area contributed by atoms with E-state index < -0.39 is 64.2 Å². The second-order valence-electron chi connectivity index (χ2n) is 5.25. The Bertz CT molecular complexity index is 969. The molecule has 0 saturated heterocycles. The Kier molecular flexibility index (Phi) is 5.25. The second kappa shape index (κ2) is 7.39. The number of aromatic carboxylic acids is 2. The average Bonchev–Trinajstić information content (AvgIpc) is 2.57. The summed E-state index contributed by atoms with van der Waals surface area (Å²) in [6.07, 6.45) is 0.236. The Hall–Kier alpha value is -4.15. The molecule has 0 saturated carbocycles. The van der Waals surface area contributed by atoms with E-state index in [1.165, 1.54) is 0 Å². The Morgan fingerprint density at radius 2 is 1.56 bits per heavy atom. The van der Waals surface area contributed by atoms with Gasteiger partial charge in [-0.15, -0.1) is 0 Å². The van der Waals surface area contributed by atoms with E-state index in [1.807, 2.05) is 0 Å². The molecule has 6 N–H and O–H groups in total. The van der Waals surface area contributed by atoms with E-state index in [-0.39, 0.29) is 5.56 Å². The van der Waals surface area contributed by atoms with Crippen molar-refractivity contribution in [3.63, 3.8) is 0 Å². The fraction of sp³-hybridized carbons (Fsp3) is 0.0625. The molecular weight excluding hydrogens is 364 g/mol. The number of benzene rings is 1. The lowest BCUT2D eigenvalue weighted by Gasteiger charge is -2.11. The van der Waals surface area contributed by atoms with Gasteiger partial charge in [-0.25, -0.2) is 14.6 Å². The topological polar surface area (TPSA) is 194 Å². The molecule has 0 aliphatic heterocycles. The third kappa shape index (κ3) is 4.28. The minimum Gasteiger partial charge on any atom is -0.508 e. The number of aromatic nitrogens is 1. The molecule has 0 radical (unpaired) electrons. The molecular formula is C16H12N2O9. The number of hydrogen-bond donors (Lipinski definition) is 6. The third-order valence-electron chi connectivity index (χ3n) is 3.38. The summed E-state index contributed by atoms with van der Waals surface area (Å²) in [5.41, 5.74) is -1.62. The molecule has 2 aromatic rings. The van der Waals surface area contributed by atoms with E-state index in [0.29, 0.717) is 0 Å². The minimum absolute atomic E-state index is 0.133. The summed E-state index contributed by atoms with van der Waals surface area (Å²) in [7, 11) is 0. The second-order valence-corrected chi connectivity index (χ2v) is 5.25. The highest BCUT2D eigenvalue weighted by Gasteiger charge is 2.21. The fourth-order valence-electron chi connectivity index (χ4n) is 2.13. The molecule has 0 aliphatic carbocycles. The number of carboxylic acid groups (broad SMARTS) is 3. The van der Waals surface area contributed by atoms with Crippen molar-refractivity contribution >= 4 is 29.6 Å². The van der Waals surface area contributed by atoms with Gasteiger partial charge in [0.2, 0.25) is 0 Å². The number of carbonyl (C=O) groups excluding carboxylic acids is 1. The van der Waals surface area contributed by atoms with Crippen molar-refractivity contribution in [2.45, 2.75) is 6.42 Å². The van der Waals surface area contributed by atoms with Gasteiger partial charge in [-0.1, -0.05) is 0 Å². The summed E-state index contributed by atoms with van der Waals surface area (Å²) in [5.74, 6) is -6.98. The number of hydrogen-bond acceptors (Lipinski definition) is 7. The van der Waals surface area contributed by atoms with Crippen molar-refractivity contribution in [1.82, 2.24) is 4.98 Å². The molecule has 1 amide bonds. The van der Waals surface area contributed by atoms with Crippen LogP contribution < -0.4 is 5.32 Å². The SMILES string of the molecule is O=C(O)Cc1cc(O)c(C(=O)Nc2ncc(C(=O)O)cc2C(=O)O)cc1O. The van der Waals surface area contributed by atoms with Crippen LogP contribution in [0.2, 0.25) is 0 Å². The third-order valence-corrected chi connectivity index (χ3v) is 3.38. The Morgan fingerprint density at radius 3 is 2.11 bits per heavy atom. The zero-order valence-electron chi connectivity index (χ0n) is 13.3. The molecule has 11 nitrogen and oxygen atoms in total. The lowest BCUT2D eigenvalue weighted by Crippen LogP contribution is -2.17. The number of aliphatic carboxylic acids is 1. The van der Waals surface area contributed by atoms with E-state index in [1.54, 1.807) is 0 Å². The first-order valence-electron chi connectivity index (χ1n) is 7.14. The van der Waals surface area contributed by atoms with Crippen LogP contribution in [0.3, 0.4) is 0 Å². The molecule has 0 bridgehead atoms. The molecule has 1 heterocycles. The van der Waals surface area contributed by atoms with Gasteiger partial charge in [-0.05, 0) is 18.2 Å². The summed E-state index contributed by atoms with van der Waals surface area (Å²) in [4.78, 5) is 48.7. The minimum atomic E-state index is -1.55. The summed E-state index contributed by atoms with van der Waals surface area (Å²) in [6, 6.07) is 2.49. The quantitative estimate of drug-likeness (QED) is 0.392. The molecule has 27 heavy (non-hydrogen) atoms. The summed E-state index contributed by atoms with van der Waals surface area (Å²) >= 11 is 0. The Morgan fingerprint density at radius 1 is 0.889 bits per heavy atom. The lowest BCUT2D eigenvalue weighted by molar-refractivity contribution is -0.136. The average molecular weight is 376 g/mol. The molecule has 0 aliphatic rings.